The number of amides is 1. The van der Waals surface area contributed by atoms with Gasteiger partial charge in [0.25, 0.3) is 0 Å². The number of carbonyl (C=O) groups is 1. The fraction of sp³-hybridized carbons (Fsp3) is 0.286. The maximum absolute atomic E-state index is 12.6. The number of carbonyl (C=O) groups excluding carboxylic acids is 1. The molecule has 1 aromatic heterocycles. The van der Waals surface area contributed by atoms with Crippen LogP contribution >= 0.6 is 11.3 Å². The van der Waals surface area contributed by atoms with Crippen LogP contribution in [-0.2, 0) is 11.3 Å². The molecular weight excluding hydrogens is 360 g/mol. The number of aromatic hydroxyl groups is 1. The Kier molecular flexibility index (Phi) is 4.76. The van der Waals surface area contributed by atoms with Gasteiger partial charge in [0, 0.05) is 40.2 Å². The summed E-state index contributed by atoms with van der Waals surface area (Å²) in [5, 5.41) is 13.8. The standard InChI is InChI=1S/C21H22N2O3S/c1-13(10-22)21(25)23-6-7-26-20-15(11-23)8-14(9-18(20)24)17-12-27-19-5-3-2-4-16(17)19/h2-5,8-9,12-13,24H,6-7,10-11,22H2,1H3/t13-/m1/s1. The Balaban J connectivity index is 1.75. The monoisotopic (exact) mass is 382 g/mol. The van der Waals surface area contributed by atoms with Crippen LogP contribution in [0.2, 0.25) is 0 Å². The van der Waals surface area contributed by atoms with Gasteiger partial charge in [-0.05, 0) is 29.1 Å². The molecule has 3 N–H and O–H groups in total. The zero-order valence-electron chi connectivity index (χ0n) is 15.1. The summed E-state index contributed by atoms with van der Waals surface area (Å²) in [5.41, 5.74) is 8.48. The highest BCUT2D eigenvalue weighted by molar-refractivity contribution is 7.17. The average Bonchev–Trinajstić information content (AvgIpc) is 2.99. The quantitative estimate of drug-likeness (QED) is 0.726. The summed E-state index contributed by atoms with van der Waals surface area (Å²) in [7, 11) is 0. The summed E-state index contributed by atoms with van der Waals surface area (Å²) in [6.45, 7) is 3.38. The summed E-state index contributed by atoms with van der Waals surface area (Å²) >= 11 is 1.68. The molecule has 0 radical (unpaired) electrons. The van der Waals surface area contributed by atoms with Crippen molar-refractivity contribution in [1.82, 2.24) is 4.90 Å². The van der Waals surface area contributed by atoms with Crippen LogP contribution in [0, 0.1) is 5.92 Å². The fourth-order valence-electron chi connectivity index (χ4n) is 3.46. The Bertz CT molecular complexity index is 998. The lowest BCUT2D eigenvalue weighted by atomic mass is 10.0. The summed E-state index contributed by atoms with van der Waals surface area (Å²) in [6, 6.07) is 12.0. The van der Waals surface area contributed by atoms with Crippen molar-refractivity contribution >= 4 is 27.3 Å². The molecule has 0 bridgehead atoms. The van der Waals surface area contributed by atoms with Crippen molar-refractivity contribution in [3.05, 3.63) is 47.3 Å². The normalized spacial score (nSPS) is 15.1. The molecule has 4 rings (SSSR count). The highest BCUT2D eigenvalue weighted by atomic mass is 32.1. The van der Waals surface area contributed by atoms with Crippen molar-refractivity contribution < 1.29 is 14.6 Å². The number of benzene rings is 2. The molecule has 1 aliphatic heterocycles. The summed E-state index contributed by atoms with van der Waals surface area (Å²) in [6.07, 6.45) is 0. The minimum atomic E-state index is -0.232. The highest BCUT2D eigenvalue weighted by Crippen LogP contribution is 2.41. The first-order valence-corrected chi connectivity index (χ1v) is 9.90. The highest BCUT2D eigenvalue weighted by Gasteiger charge is 2.25. The maximum atomic E-state index is 12.6. The smallest absolute Gasteiger partial charge is 0.227 e. The van der Waals surface area contributed by atoms with Gasteiger partial charge in [-0.2, -0.15) is 0 Å². The molecule has 3 aromatic rings. The number of fused-ring (bicyclic) bond motifs is 2. The molecule has 27 heavy (non-hydrogen) atoms. The molecule has 6 heteroatoms. The van der Waals surface area contributed by atoms with E-state index in [1.54, 1.807) is 22.3 Å². The summed E-state index contributed by atoms with van der Waals surface area (Å²) < 4.78 is 6.96. The number of nitrogens with zero attached hydrogens (tertiary/aromatic N) is 1. The van der Waals surface area contributed by atoms with Crippen molar-refractivity contribution in [3.8, 4) is 22.6 Å². The number of phenolic OH excluding ortho intramolecular Hbond substituents is 1. The number of hydrogen-bond acceptors (Lipinski definition) is 5. The van der Waals surface area contributed by atoms with Gasteiger partial charge < -0.3 is 20.5 Å². The van der Waals surface area contributed by atoms with E-state index >= 15 is 0 Å². The number of hydrogen-bond donors (Lipinski definition) is 2. The molecule has 2 heterocycles. The minimum Gasteiger partial charge on any atom is -0.504 e. The van der Waals surface area contributed by atoms with E-state index in [1.807, 2.05) is 25.1 Å². The van der Waals surface area contributed by atoms with Crippen molar-refractivity contribution in [1.29, 1.82) is 0 Å². The van der Waals surface area contributed by atoms with E-state index in [2.05, 4.69) is 17.5 Å². The predicted octanol–water partition coefficient (Wildman–Crippen LogP) is 3.59. The molecule has 0 fully saturated rings. The van der Waals surface area contributed by atoms with Crippen LogP contribution in [0.1, 0.15) is 12.5 Å². The van der Waals surface area contributed by atoms with Crippen molar-refractivity contribution in [3.63, 3.8) is 0 Å². The molecular formula is C21H22N2O3S. The van der Waals surface area contributed by atoms with E-state index in [1.165, 1.54) is 4.70 Å². The molecule has 2 aromatic carbocycles. The average molecular weight is 382 g/mol. The molecule has 0 saturated carbocycles. The van der Waals surface area contributed by atoms with Gasteiger partial charge in [-0.25, -0.2) is 0 Å². The molecule has 0 unspecified atom stereocenters. The molecule has 1 aliphatic rings. The fourth-order valence-corrected chi connectivity index (χ4v) is 4.43. The number of nitrogens with two attached hydrogens (primary N) is 1. The van der Waals surface area contributed by atoms with Gasteiger partial charge in [-0.1, -0.05) is 25.1 Å². The first-order chi connectivity index (χ1) is 13.1. The van der Waals surface area contributed by atoms with E-state index in [0.29, 0.717) is 32.0 Å². The Labute approximate surface area is 162 Å². The zero-order valence-corrected chi connectivity index (χ0v) is 16.0. The Morgan fingerprint density at radius 3 is 3.00 bits per heavy atom. The summed E-state index contributed by atoms with van der Waals surface area (Å²) in [5.74, 6) is 0.358. The Morgan fingerprint density at radius 1 is 1.37 bits per heavy atom. The van der Waals surface area contributed by atoms with E-state index in [-0.39, 0.29) is 17.6 Å². The lowest BCUT2D eigenvalue weighted by Crippen LogP contribution is -2.38. The molecule has 140 valence electrons. The molecule has 0 aliphatic carbocycles. The largest absolute Gasteiger partial charge is 0.504 e. The lowest BCUT2D eigenvalue weighted by molar-refractivity contribution is -0.135. The topological polar surface area (TPSA) is 75.8 Å². The Hall–Kier alpha value is -2.57. The van der Waals surface area contributed by atoms with E-state index < -0.39 is 0 Å². The second-order valence-electron chi connectivity index (χ2n) is 6.87. The van der Waals surface area contributed by atoms with Crippen LogP contribution in [0.25, 0.3) is 21.2 Å². The molecule has 1 amide bonds. The second-order valence-corrected chi connectivity index (χ2v) is 7.79. The first-order valence-electron chi connectivity index (χ1n) is 9.02. The number of thiophene rings is 1. The van der Waals surface area contributed by atoms with Crippen LogP contribution in [0.4, 0.5) is 0 Å². The van der Waals surface area contributed by atoms with E-state index in [0.717, 1.165) is 22.1 Å². The first kappa shape index (κ1) is 17.8. The molecule has 5 nitrogen and oxygen atoms in total. The zero-order chi connectivity index (χ0) is 19.0. The maximum Gasteiger partial charge on any atom is 0.227 e. The lowest BCUT2D eigenvalue weighted by Gasteiger charge is -2.23. The predicted molar refractivity (Wildman–Crippen MR) is 108 cm³/mol. The van der Waals surface area contributed by atoms with E-state index in [9.17, 15) is 9.90 Å². The van der Waals surface area contributed by atoms with Crippen LogP contribution in [0.3, 0.4) is 0 Å². The van der Waals surface area contributed by atoms with Crippen LogP contribution < -0.4 is 10.5 Å². The van der Waals surface area contributed by atoms with Gasteiger partial charge in [0.05, 0.1) is 6.54 Å². The van der Waals surface area contributed by atoms with Crippen LogP contribution in [-0.4, -0.2) is 35.6 Å². The van der Waals surface area contributed by atoms with Gasteiger partial charge in [0.15, 0.2) is 11.5 Å². The van der Waals surface area contributed by atoms with Gasteiger partial charge in [0.2, 0.25) is 5.91 Å². The minimum absolute atomic E-state index is 0.0137. The number of ether oxygens (including phenoxy) is 1. The third-order valence-electron chi connectivity index (χ3n) is 4.99. The second kappa shape index (κ2) is 7.21. The number of rotatable bonds is 3. The van der Waals surface area contributed by atoms with Crippen molar-refractivity contribution in [2.75, 3.05) is 19.7 Å². The number of phenols is 1. The Morgan fingerprint density at radius 2 is 2.19 bits per heavy atom. The SMILES string of the molecule is C[C@H](CN)C(=O)N1CCOc2c(O)cc(-c3csc4ccccc34)cc2C1. The van der Waals surface area contributed by atoms with Crippen LogP contribution in [0.5, 0.6) is 11.5 Å². The van der Waals surface area contributed by atoms with Gasteiger partial charge in [-0.3, -0.25) is 4.79 Å². The van der Waals surface area contributed by atoms with Gasteiger partial charge in [-0.15, -0.1) is 11.3 Å². The van der Waals surface area contributed by atoms with E-state index in [4.69, 9.17) is 10.5 Å². The molecule has 0 saturated heterocycles. The van der Waals surface area contributed by atoms with Crippen LogP contribution in [0.15, 0.2) is 41.8 Å². The third kappa shape index (κ3) is 3.26. The van der Waals surface area contributed by atoms with Gasteiger partial charge >= 0.3 is 0 Å². The summed E-state index contributed by atoms with van der Waals surface area (Å²) in [4.78, 5) is 14.4. The molecule has 1 atom stereocenters. The van der Waals surface area contributed by atoms with Gasteiger partial charge in [0.1, 0.15) is 6.61 Å². The van der Waals surface area contributed by atoms with Crippen molar-refractivity contribution in [2.24, 2.45) is 11.7 Å². The third-order valence-corrected chi connectivity index (χ3v) is 5.96. The van der Waals surface area contributed by atoms with Crippen molar-refractivity contribution in [2.45, 2.75) is 13.5 Å². The molecule has 0 spiro atoms.